The summed E-state index contributed by atoms with van der Waals surface area (Å²) in [6.45, 7) is 0. The van der Waals surface area contributed by atoms with Gasteiger partial charge in [0.2, 0.25) is 5.91 Å². The van der Waals surface area contributed by atoms with Crippen LogP contribution in [0, 0.1) is 0 Å². The van der Waals surface area contributed by atoms with Crippen LogP contribution in [0.15, 0.2) is 53.7 Å². The van der Waals surface area contributed by atoms with Crippen LogP contribution in [0.3, 0.4) is 0 Å². The Balaban J connectivity index is 1.78. The fourth-order valence-electron chi connectivity index (χ4n) is 4.24. The van der Waals surface area contributed by atoms with E-state index in [-0.39, 0.29) is 10.8 Å². The van der Waals surface area contributed by atoms with Crippen LogP contribution in [0.2, 0.25) is 0 Å². The first-order valence-electron chi connectivity index (χ1n) is 8.56. The average Bonchev–Trinajstić information content (AvgIpc) is 3.14. The first kappa shape index (κ1) is 15.6. The molecule has 1 spiro atoms. The van der Waals surface area contributed by atoms with Crippen LogP contribution in [0.4, 0.5) is 5.69 Å². The second-order valence-electron chi connectivity index (χ2n) is 6.99. The second kappa shape index (κ2) is 4.94. The first-order chi connectivity index (χ1) is 12.5. The topological polar surface area (TPSA) is 72.3 Å². The van der Waals surface area contributed by atoms with E-state index >= 15 is 0 Å². The summed E-state index contributed by atoms with van der Waals surface area (Å²) in [5.74, 6) is 0.0896. The molecule has 0 radical (unpaired) electrons. The molecule has 1 fully saturated rings. The molecule has 132 valence electrons. The average molecular weight is 367 g/mol. The number of rotatable bonds is 2. The Hall–Kier alpha value is -2.67. The predicted molar refractivity (Wildman–Crippen MR) is 97.7 cm³/mol. The van der Waals surface area contributed by atoms with E-state index in [0.717, 1.165) is 35.9 Å². The fourth-order valence-corrected chi connectivity index (χ4v) is 5.56. The highest BCUT2D eigenvalue weighted by molar-refractivity contribution is 7.90. The zero-order valence-corrected chi connectivity index (χ0v) is 15.0. The van der Waals surface area contributed by atoms with Gasteiger partial charge in [0.05, 0.1) is 22.2 Å². The Bertz CT molecular complexity index is 1160. The van der Waals surface area contributed by atoms with Gasteiger partial charge in [-0.3, -0.25) is 4.79 Å². The monoisotopic (exact) mass is 367 g/mol. The number of benzene rings is 1. The van der Waals surface area contributed by atoms with Crippen LogP contribution in [0.5, 0.6) is 0 Å². The highest BCUT2D eigenvalue weighted by Crippen LogP contribution is 2.55. The van der Waals surface area contributed by atoms with Crippen LogP contribution in [0.25, 0.3) is 11.0 Å². The van der Waals surface area contributed by atoms with Crippen molar-refractivity contribution in [3.8, 4) is 0 Å². The number of hydrogen-bond donors (Lipinski definition) is 0. The highest BCUT2D eigenvalue weighted by atomic mass is 32.2. The third kappa shape index (κ3) is 1.73. The van der Waals surface area contributed by atoms with Gasteiger partial charge in [0, 0.05) is 24.2 Å². The Morgan fingerprint density at radius 2 is 1.85 bits per heavy atom. The molecule has 7 heteroatoms. The Morgan fingerprint density at radius 1 is 1.12 bits per heavy atom. The van der Waals surface area contributed by atoms with Crippen molar-refractivity contribution in [3.05, 3.63) is 54.4 Å². The largest absolute Gasteiger partial charge is 0.313 e. The normalized spacial score (nSPS) is 18.3. The molecule has 1 aliphatic heterocycles. The summed E-state index contributed by atoms with van der Waals surface area (Å²) in [6, 6.07) is 10.1. The molecular weight excluding hydrogens is 350 g/mol. The molecule has 3 heterocycles. The van der Waals surface area contributed by atoms with Crippen molar-refractivity contribution in [2.24, 2.45) is 0 Å². The SMILES string of the molecule is CN1C(=O)C2(CCC2)c2c1cnc1c2ccn1S(=O)(=O)c1ccccc1. The van der Waals surface area contributed by atoms with Gasteiger partial charge < -0.3 is 4.90 Å². The van der Waals surface area contributed by atoms with Crippen LogP contribution in [-0.2, 0) is 20.2 Å². The number of pyridine rings is 1. The molecule has 26 heavy (non-hydrogen) atoms. The van der Waals surface area contributed by atoms with E-state index in [1.54, 1.807) is 54.5 Å². The van der Waals surface area contributed by atoms with Gasteiger partial charge in [0.1, 0.15) is 0 Å². The summed E-state index contributed by atoms with van der Waals surface area (Å²) in [7, 11) is -1.97. The predicted octanol–water partition coefficient (Wildman–Crippen LogP) is 2.67. The lowest BCUT2D eigenvalue weighted by molar-refractivity contribution is -0.125. The minimum absolute atomic E-state index is 0.0896. The molecule has 1 saturated carbocycles. The fraction of sp³-hybridized carbons (Fsp3) is 0.263. The highest BCUT2D eigenvalue weighted by Gasteiger charge is 2.54. The van der Waals surface area contributed by atoms with Crippen LogP contribution in [-0.4, -0.2) is 30.3 Å². The number of anilines is 1. The van der Waals surface area contributed by atoms with Gasteiger partial charge in [-0.05, 0) is 31.0 Å². The lowest BCUT2D eigenvalue weighted by Gasteiger charge is -2.36. The van der Waals surface area contributed by atoms with Gasteiger partial charge >= 0.3 is 0 Å². The lowest BCUT2D eigenvalue weighted by atomic mass is 9.64. The van der Waals surface area contributed by atoms with Crippen molar-refractivity contribution in [1.82, 2.24) is 8.96 Å². The van der Waals surface area contributed by atoms with Gasteiger partial charge in [-0.25, -0.2) is 17.4 Å². The number of likely N-dealkylation sites (N-methyl/N-ethyl adjacent to an activating group) is 1. The molecule has 0 unspecified atom stereocenters. The van der Waals surface area contributed by atoms with E-state index < -0.39 is 15.4 Å². The molecule has 1 amide bonds. The van der Waals surface area contributed by atoms with Crippen LogP contribution in [0.1, 0.15) is 24.8 Å². The maximum absolute atomic E-state index is 13.0. The van der Waals surface area contributed by atoms with Crippen molar-refractivity contribution in [2.45, 2.75) is 29.6 Å². The molecular formula is C19H17N3O3S. The molecule has 2 aliphatic rings. The number of nitrogens with zero attached hydrogens (tertiary/aromatic N) is 3. The number of amides is 1. The van der Waals surface area contributed by atoms with E-state index in [9.17, 15) is 13.2 Å². The molecule has 0 N–H and O–H groups in total. The van der Waals surface area contributed by atoms with Gasteiger partial charge in [-0.2, -0.15) is 0 Å². The van der Waals surface area contributed by atoms with Crippen LogP contribution >= 0.6 is 0 Å². The molecule has 5 rings (SSSR count). The number of carbonyl (C=O) groups is 1. The summed E-state index contributed by atoms with van der Waals surface area (Å²) in [5, 5.41) is 0.749. The zero-order valence-electron chi connectivity index (χ0n) is 14.2. The van der Waals surface area contributed by atoms with E-state index in [4.69, 9.17) is 0 Å². The quantitative estimate of drug-likeness (QED) is 0.698. The summed E-state index contributed by atoms with van der Waals surface area (Å²) in [4.78, 5) is 19.1. The maximum Gasteiger partial charge on any atom is 0.269 e. The Kier molecular flexibility index (Phi) is 2.96. The van der Waals surface area contributed by atoms with E-state index in [1.165, 1.54) is 10.2 Å². The van der Waals surface area contributed by atoms with Crippen LogP contribution < -0.4 is 4.90 Å². The standard InChI is InChI=1S/C19H17N3O3S/c1-21-15-12-20-17-14(16(15)19(18(21)23)9-5-10-19)8-11-22(17)26(24,25)13-6-3-2-4-7-13/h2-4,6-8,11-12H,5,9-10H2,1H3. The Labute approximate surface area is 151 Å². The number of carbonyl (C=O) groups excluding carboxylic acids is 1. The molecule has 1 aliphatic carbocycles. The number of aromatic nitrogens is 2. The smallest absolute Gasteiger partial charge is 0.269 e. The lowest BCUT2D eigenvalue weighted by Crippen LogP contribution is -2.43. The maximum atomic E-state index is 13.0. The summed E-state index contributed by atoms with van der Waals surface area (Å²) in [5.41, 5.74) is 1.59. The van der Waals surface area contributed by atoms with Gasteiger partial charge in [-0.1, -0.05) is 24.6 Å². The van der Waals surface area contributed by atoms with E-state index in [1.807, 2.05) is 0 Å². The van der Waals surface area contributed by atoms with Gasteiger partial charge in [0.25, 0.3) is 10.0 Å². The molecule has 0 atom stereocenters. The first-order valence-corrected chi connectivity index (χ1v) is 10.0. The minimum Gasteiger partial charge on any atom is -0.313 e. The van der Waals surface area contributed by atoms with Crippen molar-refractivity contribution in [1.29, 1.82) is 0 Å². The van der Waals surface area contributed by atoms with Gasteiger partial charge in [0.15, 0.2) is 5.65 Å². The third-order valence-electron chi connectivity index (χ3n) is 5.72. The molecule has 6 nitrogen and oxygen atoms in total. The number of fused-ring (bicyclic) bond motifs is 4. The zero-order chi connectivity index (χ0) is 18.1. The van der Waals surface area contributed by atoms with Crippen molar-refractivity contribution >= 4 is 32.7 Å². The van der Waals surface area contributed by atoms with Gasteiger partial charge in [-0.15, -0.1) is 0 Å². The Morgan fingerprint density at radius 3 is 2.50 bits per heavy atom. The third-order valence-corrected chi connectivity index (χ3v) is 7.40. The summed E-state index contributed by atoms with van der Waals surface area (Å²) >= 11 is 0. The molecule has 0 bridgehead atoms. The molecule has 2 aromatic heterocycles. The second-order valence-corrected chi connectivity index (χ2v) is 8.80. The molecule has 1 aromatic carbocycles. The summed E-state index contributed by atoms with van der Waals surface area (Å²) < 4.78 is 27.3. The minimum atomic E-state index is -3.74. The number of hydrogen-bond acceptors (Lipinski definition) is 4. The van der Waals surface area contributed by atoms with Crippen molar-refractivity contribution < 1.29 is 13.2 Å². The van der Waals surface area contributed by atoms with Crippen molar-refractivity contribution in [3.63, 3.8) is 0 Å². The van der Waals surface area contributed by atoms with Crippen molar-refractivity contribution in [2.75, 3.05) is 11.9 Å². The molecule has 3 aromatic rings. The molecule has 0 saturated heterocycles. The summed E-state index contributed by atoms with van der Waals surface area (Å²) in [6.07, 6.45) is 5.78. The van der Waals surface area contributed by atoms with E-state index in [0.29, 0.717) is 5.65 Å². The van der Waals surface area contributed by atoms with E-state index in [2.05, 4.69) is 4.98 Å².